The minimum atomic E-state index is -4.72. The lowest BCUT2D eigenvalue weighted by Crippen LogP contribution is -2.17. The molecular weight excluding hydrogens is 209 g/mol. The van der Waals surface area contributed by atoms with E-state index in [1.807, 2.05) is 0 Å². The number of benzene rings is 1. The molecular formula is C10H8F3O2. The first-order valence-electron chi connectivity index (χ1n) is 4.12. The standard InChI is InChI=1S/C10H8F3O2/c11-10(12,13)15-9-6-2-1-4-8(9)5-3-7-14/h1-6H,7H2. The van der Waals surface area contributed by atoms with E-state index in [2.05, 4.69) is 4.74 Å². The molecule has 5 heteroatoms. The molecule has 0 aliphatic rings. The van der Waals surface area contributed by atoms with E-state index in [0.717, 1.165) is 0 Å². The van der Waals surface area contributed by atoms with Gasteiger partial charge in [0.25, 0.3) is 0 Å². The molecule has 1 aromatic rings. The molecule has 0 spiro atoms. The van der Waals surface area contributed by atoms with Gasteiger partial charge in [-0.3, -0.25) is 0 Å². The van der Waals surface area contributed by atoms with Crippen molar-refractivity contribution in [2.24, 2.45) is 0 Å². The summed E-state index contributed by atoms with van der Waals surface area (Å²) in [5.41, 5.74) is 0.227. The van der Waals surface area contributed by atoms with Crippen LogP contribution >= 0.6 is 0 Å². The van der Waals surface area contributed by atoms with Crippen LogP contribution in [-0.2, 0) is 5.11 Å². The summed E-state index contributed by atoms with van der Waals surface area (Å²) in [6.45, 7) is -0.486. The summed E-state index contributed by atoms with van der Waals surface area (Å²) in [6, 6.07) is 5.62. The van der Waals surface area contributed by atoms with Crippen LogP contribution in [0.3, 0.4) is 0 Å². The Bertz CT molecular complexity index is 345. The number of hydrogen-bond donors (Lipinski definition) is 0. The summed E-state index contributed by atoms with van der Waals surface area (Å²) < 4.78 is 39.6. The van der Waals surface area contributed by atoms with Gasteiger partial charge in [-0.05, 0) is 6.07 Å². The zero-order valence-corrected chi connectivity index (χ0v) is 7.62. The Kier molecular flexibility index (Phi) is 3.74. The predicted octanol–water partition coefficient (Wildman–Crippen LogP) is 3.03. The van der Waals surface area contributed by atoms with Crippen molar-refractivity contribution in [2.45, 2.75) is 6.36 Å². The van der Waals surface area contributed by atoms with Gasteiger partial charge >= 0.3 is 6.36 Å². The SMILES string of the molecule is [O]CC=Cc1ccccc1OC(F)(F)F. The molecule has 0 saturated carbocycles. The second kappa shape index (κ2) is 4.84. The third kappa shape index (κ3) is 4.03. The smallest absolute Gasteiger partial charge is 0.405 e. The molecule has 0 atom stereocenters. The van der Waals surface area contributed by atoms with Crippen LogP contribution in [0.1, 0.15) is 5.56 Å². The fourth-order valence-corrected chi connectivity index (χ4v) is 1.01. The maximum Gasteiger partial charge on any atom is 0.573 e. The molecule has 0 amide bonds. The Morgan fingerprint density at radius 2 is 1.93 bits per heavy atom. The molecule has 0 heterocycles. The minimum absolute atomic E-state index is 0.227. The van der Waals surface area contributed by atoms with Crippen molar-refractivity contribution in [3.8, 4) is 5.75 Å². The maximum absolute atomic E-state index is 11.9. The van der Waals surface area contributed by atoms with Gasteiger partial charge in [0.2, 0.25) is 0 Å². The van der Waals surface area contributed by atoms with Crippen molar-refractivity contribution in [2.75, 3.05) is 6.61 Å². The highest BCUT2D eigenvalue weighted by molar-refractivity contribution is 5.57. The van der Waals surface area contributed by atoms with E-state index in [4.69, 9.17) is 0 Å². The number of alkyl halides is 3. The first-order chi connectivity index (χ1) is 7.03. The summed E-state index contributed by atoms with van der Waals surface area (Å²) in [7, 11) is 0. The van der Waals surface area contributed by atoms with Gasteiger partial charge in [-0.1, -0.05) is 30.4 Å². The molecule has 15 heavy (non-hydrogen) atoms. The van der Waals surface area contributed by atoms with Gasteiger partial charge in [0.15, 0.2) is 0 Å². The number of ether oxygens (including phenoxy) is 1. The topological polar surface area (TPSA) is 29.1 Å². The third-order valence-electron chi connectivity index (χ3n) is 1.54. The highest BCUT2D eigenvalue weighted by atomic mass is 19.4. The molecule has 0 unspecified atom stereocenters. The van der Waals surface area contributed by atoms with Crippen LogP contribution in [0.15, 0.2) is 30.3 Å². The molecule has 1 rings (SSSR count). The van der Waals surface area contributed by atoms with E-state index < -0.39 is 13.0 Å². The van der Waals surface area contributed by atoms with E-state index >= 15 is 0 Å². The van der Waals surface area contributed by atoms with Crippen LogP contribution < -0.4 is 4.74 Å². The fourth-order valence-electron chi connectivity index (χ4n) is 1.01. The number of halogens is 3. The Hall–Kier alpha value is -1.49. The summed E-state index contributed by atoms with van der Waals surface area (Å²) in [5.74, 6) is -0.310. The van der Waals surface area contributed by atoms with Gasteiger partial charge in [-0.15, -0.1) is 13.2 Å². The predicted molar refractivity (Wildman–Crippen MR) is 47.7 cm³/mol. The van der Waals surface area contributed by atoms with Crippen LogP contribution in [-0.4, -0.2) is 13.0 Å². The second-order valence-corrected chi connectivity index (χ2v) is 2.65. The summed E-state index contributed by atoms with van der Waals surface area (Å²) in [6.07, 6.45) is -2.20. The summed E-state index contributed by atoms with van der Waals surface area (Å²) in [4.78, 5) is 0. The van der Waals surface area contributed by atoms with Crippen LogP contribution in [0.5, 0.6) is 5.75 Å². The van der Waals surface area contributed by atoms with Gasteiger partial charge in [0.1, 0.15) is 12.4 Å². The van der Waals surface area contributed by atoms with E-state index in [1.54, 1.807) is 6.07 Å². The zero-order valence-electron chi connectivity index (χ0n) is 7.62. The van der Waals surface area contributed by atoms with E-state index in [-0.39, 0.29) is 11.3 Å². The van der Waals surface area contributed by atoms with Crippen molar-refractivity contribution < 1.29 is 23.0 Å². The largest absolute Gasteiger partial charge is 0.573 e. The van der Waals surface area contributed by atoms with Crippen molar-refractivity contribution in [1.29, 1.82) is 0 Å². The lowest BCUT2D eigenvalue weighted by molar-refractivity contribution is -0.274. The first-order valence-corrected chi connectivity index (χ1v) is 4.12. The lowest BCUT2D eigenvalue weighted by atomic mass is 10.2. The monoisotopic (exact) mass is 217 g/mol. The summed E-state index contributed by atoms with van der Waals surface area (Å²) >= 11 is 0. The molecule has 0 fully saturated rings. The number of hydrogen-bond acceptors (Lipinski definition) is 1. The van der Waals surface area contributed by atoms with Gasteiger partial charge in [0.05, 0.1) is 0 Å². The zero-order chi connectivity index (χ0) is 11.3. The van der Waals surface area contributed by atoms with Crippen LogP contribution in [0, 0.1) is 0 Å². The van der Waals surface area contributed by atoms with Crippen molar-refractivity contribution >= 4 is 6.08 Å². The molecule has 0 aliphatic heterocycles. The molecule has 0 aliphatic carbocycles. The fraction of sp³-hybridized carbons (Fsp3) is 0.200. The van der Waals surface area contributed by atoms with Crippen molar-refractivity contribution in [1.82, 2.24) is 0 Å². The van der Waals surface area contributed by atoms with Crippen LogP contribution in [0.2, 0.25) is 0 Å². The summed E-state index contributed by atoms with van der Waals surface area (Å²) in [5, 5.41) is 10.1. The third-order valence-corrected chi connectivity index (χ3v) is 1.54. The van der Waals surface area contributed by atoms with Gasteiger partial charge in [-0.2, -0.15) is 0 Å². The van der Waals surface area contributed by atoms with Crippen LogP contribution in [0.4, 0.5) is 13.2 Å². The minimum Gasteiger partial charge on any atom is -0.405 e. The Balaban J connectivity index is 2.91. The normalized spacial score (nSPS) is 12.0. The molecule has 1 aromatic carbocycles. The average Bonchev–Trinajstić information content (AvgIpc) is 2.14. The van der Waals surface area contributed by atoms with E-state index in [9.17, 15) is 18.3 Å². The molecule has 0 bridgehead atoms. The van der Waals surface area contributed by atoms with Gasteiger partial charge < -0.3 is 4.74 Å². The lowest BCUT2D eigenvalue weighted by Gasteiger charge is -2.10. The molecule has 0 saturated heterocycles. The van der Waals surface area contributed by atoms with Crippen molar-refractivity contribution in [3.63, 3.8) is 0 Å². The average molecular weight is 217 g/mol. The molecule has 0 aromatic heterocycles. The Morgan fingerprint density at radius 1 is 1.27 bits per heavy atom. The second-order valence-electron chi connectivity index (χ2n) is 2.65. The maximum atomic E-state index is 11.9. The molecule has 1 radical (unpaired) electrons. The van der Waals surface area contributed by atoms with Gasteiger partial charge in [0, 0.05) is 5.56 Å². The molecule has 0 N–H and O–H groups in total. The quantitative estimate of drug-likeness (QED) is 0.765. The Labute approximate surface area is 84.6 Å². The van der Waals surface area contributed by atoms with E-state index in [1.165, 1.54) is 30.4 Å². The molecule has 2 nitrogen and oxygen atoms in total. The van der Waals surface area contributed by atoms with Crippen molar-refractivity contribution in [3.05, 3.63) is 35.9 Å². The highest BCUT2D eigenvalue weighted by Crippen LogP contribution is 2.26. The van der Waals surface area contributed by atoms with Crippen LogP contribution in [0.25, 0.3) is 6.08 Å². The number of rotatable bonds is 3. The van der Waals surface area contributed by atoms with E-state index in [0.29, 0.717) is 0 Å². The molecule has 81 valence electrons. The highest BCUT2D eigenvalue weighted by Gasteiger charge is 2.31. The Morgan fingerprint density at radius 3 is 2.53 bits per heavy atom. The number of para-hydroxylation sites is 1. The van der Waals surface area contributed by atoms with Gasteiger partial charge in [-0.25, -0.2) is 5.11 Å². The first kappa shape index (κ1) is 11.6.